The van der Waals surface area contributed by atoms with Crippen LogP contribution in [-0.2, 0) is 0 Å². The van der Waals surface area contributed by atoms with E-state index in [2.05, 4.69) is 6.58 Å². The molecule has 1 aromatic carbocycles. The Morgan fingerprint density at radius 1 is 1.64 bits per heavy atom. The average molecular weight is 190 g/mol. The Balaban J connectivity index is 3.08. The van der Waals surface area contributed by atoms with Gasteiger partial charge in [-0.15, -0.1) is 6.58 Å². The first-order valence-corrected chi connectivity index (χ1v) is 4.20. The monoisotopic (exact) mass is 190 g/mol. The van der Waals surface area contributed by atoms with E-state index in [0.29, 0.717) is 17.8 Å². The number of benzene rings is 1. The van der Waals surface area contributed by atoms with E-state index in [-0.39, 0.29) is 0 Å². The van der Waals surface area contributed by atoms with Crippen LogP contribution in [0.25, 0.3) is 0 Å². The van der Waals surface area contributed by atoms with Gasteiger partial charge in [0.15, 0.2) is 0 Å². The first kappa shape index (κ1) is 10.3. The van der Waals surface area contributed by atoms with Crippen LogP contribution in [0, 0.1) is 17.1 Å². The first-order chi connectivity index (χ1) is 6.69. The summed E-state index contributed by atoms with van der Waals surface area (Å²) in [6.07, 6.45) is 1.73. The molecule has 72 valence electrons. The summed E-state index contributed by atoms with van der Waals surface area (Å²) in [5.41, 5.74) is 1.06. The molecule has 0 fully saturated rings. The maximum atomic E-state index is 12.8. The van der Waals surface area contributed by atoms with Gasteiger partial charge in [-0.2, -0.15) is 5.26 Å². The molecule has 0 saturated carbocycles. The van der Waals surface area contributed by atoms with E-state index in [0.717, 1.165) is 0 Å². The molecule has 0 aliphatic heterocycles. The number of rotatable bonds is 3. The van der Waals surface area contributed by atoms with E-state index >= 15 is 0 Å². The van der Waals surface area contributed by atoms with Crippen LogP contribution in [0.2, 0.25) is 0 Å². The van der Waals surface area contributed by atoms with E-state index in [1.165, 1.54) is 12.1 Å². The van der Waals surface area contributed by atoms with E-state index in [1.807, 2.05) is 18.0 Å². The summed E-state index contributed by atoms with van der Waals surface area (Å²) in [5, 5.41) is 8.79. The molecule has 0 N–H and O–H groups in total. The summed E-state index contributed by atoms with van der Waals surface area (Å²) in [4.78, 5) is 1.84. The summed E-state index contributed by atoms with van der Waals surface area (Å²) in [6, 6.07) is 6.13. The number of hydrogen-bond acceptors (Lipinski definition) is 2. The van der Waals surface area contributed by atoms with Crippen LogP contribution in [0.15, 0.2) is 30.9 Å². The quantitative estimate of drug-likeness (QED) is 0.684. The smallest absolute Gasteiger partial charge is 0.124 e. The molecule has 0 aromatic heterocycles. The van der Waals surface area contributed by atoms with Crippen molar-refractivity contribution in [3.8, 4) is 6.07 Å². The highest BCUT2D eigenvalue weighted by molar-refractivity contribution is 5.59. The normalized spacial score (nSPS) is 9.21. The lowest BCUT2D eigenvalue weighted by Crippen LogP contribution is -2.17. The summed E-state index contributed by atoms with van der Waals surface area (Å²) in [7, 11) is 1.83. The lowest BCUT2D eigenvalue weighted by atomic mass is 10.1. The zero-order valence-electron chi connectivity index (χ0n) is 8.00. The van der Waals surface area contributed by atoms with E-state index in [9.17, 15) is 4.39 Å². The minimum atomic E-state index is -0.391. The second-order valence-corrected chi connectivity index (χ2v) is 2.94. The Bertz CT molecular complexity index is 379. The van der Waals surface area contributed by atoms with Crippen molar-refractivity contribution in [1.29, 1.82) is 5.26 Å². The van der Waals surface area contributed by atoms with Gasteiger partial charge in [-0.3, -0.25) is 0 Å². The van der Waals surface area contributed by atoms with E-state index in [4.69, 9.17) is 5.26 Å². The molecule has 1 rings (SSSR count). The van der Waals surface area contributed by atoms with Gasteiger partial charge in [-0.05, 0) is 18.2 Å². The largest absolute Gasteiger partial charge is 0.370 e. The fraction of sp³-hybridized carbons (Fsp3) is 0.182. The molecule has 2 nitrogen and oxygen atoms in total. The Kier molecular flexibility index (Phi) is 3.24. The van der Waals surface area contributed by atoms with Gasteiger partial charge in [-0.25, -0.2) is 4.39 Å². The van der Waals surface area contributed by atoms with E-state index < -0.39 is 5.82 Å². The molecule has 0 bridgehead atoms. The average Bonchev–Trinajstić information content (AvgIpc) is 2.17. The molecule has 0 aliphatic rings. The number of anilines is 1. The molecule has 0 unspecified atom stereocenters. The molecule has 0 aliphatic carbocycles. The summed E-state index contributed by atoms with van der Waals surface area (Å²) >= 11 is 0. The minimum Gasteiger partial charge on any atom is -0.370 e. The van der Waals surface area contributed by atoms with E-state index in [1.54, 1.807) is 12.1 Å². The van der Waals surface area contributed by atoms with Gasteiger partial charge >= 0.3 is 0 Å². The highest BCUT2D eigenvalue weighted by Gasteiger charge is 2.06. The zero-order valence-corrected chi connectivity index (χ0v) is 8.00. The standard InChI is InChI=1S/C11H11FN2/c1-3-6-14(2)11-5-4-10(12)7-9(11)8-13/h3-5,7H,1,6H2,2H3. The van der Waals surface area contributed by atoms with Gasteiger partial charge < -0.3 is 4.90 Å². The summed E-state index contributed by atoms with van der Waals surface area (Å²) in [6.45, 7) is 4.23. The summed E-state index contributed by atoms with van der Waals surface area (Å²) < 4.78 is 12.8. The van der Waals surface area contributed by atoms with Gasteiger partial charge in [-0.1, -0.05) is 6.08 Å². The fourth-order valence-corrected chi connectivity index (χ4v) is 1.22. The van der Waals surface area contributed by atoms with Crippen molar-refractivity contribution in [2.24, 2.45) is 0 Å². The maximum absolute atomic E-state index is 12.8. The third-order valence-electron chi connectivity index (χ3n) is 1.89. The SMILES string of the molecule is C=CCN(C)c1ccc(F)cc1C#N. The molecular formula is C11H11FN2. The highest BCUT2D eigenvalue weighted by atomic mass is 19.1. The molecule has 3 heteroatoms. The third-order valence-corrected chi connectivity index (χ3v) is 1.89. The second-order valence-electron chi connectivity index (χ2n) is 2.94. The molecule has 0 amide bonds. The Labute approximate surface area is 82.9 Å². The van der Waals surface area contributed by atoms with Gasteiger partial charge in [0.2, 0.25) is 0 Å². The van der Waals surface area contributed by atoms with Crippen molar-refractivity contribution in [2.75, 3.05) is 18.5 Å². The van der Waals surface area contributed by atoms with Crippen molar-refractivity contribution in [3.05, 3.63) is 42.2 Å². The van der Waals surface area contributed by atoms with Crippen molar-refractivity contribution in [1.82, 2.24) is 0 Å². The molecule has 1 aromatic rings. The van der Waals surface area contributed by atoms with Gasteiger partial charge in [0.05, 0.1) is 11.3 Å². The second kappa shape index (κ2) is 4.43. The van der Waals surface area contributed by atoms with Crippen molar-refractivity contribution in [3.63, 3.8) is 0 Å². The number of halogens is 1. The van der Waals surface area contributed by atoms with Crippen LogP contribution >= 0.6 is 0 Å². The molecule has 0 atom stereocenters. The van der Waals surface area contributed by atoms with Crippen LogP contribution in [0.1, 0.15) is 5.56 Å². The van der Waals surface area contributed by atoms with Crippen LogP contribution < -0.4 is 4.90 Å². The first-order valence-electron chi connectivity index (χ1n) is 4.20. The zero-order chi connectivity index (χ0) is 10.6. The number of nitrogens with zero attached hydrogens (tertiary/aromatic N) is 2. The van der Waals surface area contributed by atoms with Crippen LogP contribution in [0.4, 0.5) is 10.1 Å². The number of nitriles is 1. The van der Waals surface area contributed by atoms with Crippen LogP contribution in [0.3, 0.4) is 0 Å². The summed E-state index contributed by atoms with van der Waals surface area (Å²) in [5.74, 6) is -0.391. The predicted molar refractivity (Wildman–Crippen MR) is 54.6 cm³/mol. The van der Waals surface area contributed by atoms with Crippen molar-refractivity contribution >= 4 is 5.69 Å². The lowest BCUT2D eigenvalue weighted by Gasteiger charge is -2.18. The lowest BCUT2D eigenvalue weighted by molar-refractivity contribution is 0.627. The van der Waals surface area contributed by atoms with Crippen LogP contribution in [-0.4, -0.2) is 13.6 Å². The molecule has 0 heterocycles. The molecule has 14 heavy (non-hydrogen) atoms. The van der Waals surface area contributed by atoms with Crippen LogP contribution in [0.5, 0.6) is 0 Å². The Hall–Kier alpha value is -1.82. The Morgan fingerprint density at radius 3 is 2.93 bits per heavy atom. The molecule has 0 saturated heterocycles. The predicted octanol–water partition coefficient (Wildman–Crippen LogP) is 2.32. The van der Waals surface area contributed by atoms with Gasteiger partial charge in [0.25, 0.3) is 0 Å². The fourth-order valence-electron chi connectivity index (χ4n) is 1.22. The number of likely N-dealkylation sites (N-methyl/N-ethyl adjacent to an activating group) is 1. The third kappa shape index (κ3) is 2.11. The Morgan fingerprint density at radius 2 is 2.36 bits per heavy atom. The number of hydrogen-bond donors (Lipinski definition) is 0. The van der Waals surface area contributed by atoms with Crippen molar-refractivity contribution < 1.29 is 4.39 Å². The maximum Gasteiger partial charge on any atom is 0.124 e. The molecular weight excluding hydrogens is 179 g/mol. The van der Waals surface area contributed by atoms with Gasteiger partial charge in [0.1, 0.15) is 11.9 Å². The highest BCUT2D eigenvalue weighted by Crippen LogP contribution is 2.19. The molecule has 0 spiro atoms. The van der Waals surface area contributed by atoms with Crippen molar-refractivity contribution in [2.45, 2.75) is 0 Å². The molecule has 0 radical (unpaired) electrons. The minimum absolute atomic E-state index is 0.342. The topological polar surface area (TPSA) is 27.0 Å². The van der Waals surface area contributed by atoms with Gasteiger partial charge in [0, 0.05) is 13.6 Å².